The summed E-state index contributed by atoms with van der Waals surface area (Å²) in [7, 11) is 0. The lowest BCUT2D eigenvalue weighted by molar-refractivity contribution is 0.0419. The topological polar surface area (TPSA) is 79.5 Å². The number of rotatable bonds is 13. The number of hydrogen-bond acceptors (Lipinski definition) is 6. The Morgan fingerprint density at radius 1 is 0.512 bits per heavy atom. The highest BCUT2D eigenvalue weighted by molar-refractivity contribution is 5.79. The van der Waals surface area contributed by atoms with E-state index in [0.29, 0.717) is 13.2 Å². The first-order chi connectivity index (χ1) is 21.2. The summed E-state index contributed by atoms with van der Waals surface area (Å²) >= 11 is 0. The maximum Gasteiger partial charge on any atom is 0.130 e. The van der Waals surface area contributed by atoms with Gasteiger partial charge in [-0.1, -0.05) is 72.8 Å². The van der Waals surface area contributed by atoms with Crippen molar-refractivity contribution in [2.45, 2.75) is 45.0 Å². The molecule has 2 heterocycles. The first kappa shape index (κ1) is 28.3. The summed E-state index contributed by atoms with van der Waals surface area (Å²) in [6.45, 7) is 0.865. The molecular formula is C37H35N3O3. The molecule has 4 aromatic carbocycles. The molecule has 0 fully saturated rings. The standard InChI is InChI=1S/C37H35N3O3/c38-43-35(23-13-27-9-19-33(20-10-27)41-25-31-17-15-29-5-1-3-7-36(29)39-31)24-14-28-11-21-34(22-12-28)42-26-32-18-16-30-6-2-4-8-37(30)40-32/h1-12,15-22,35H,13-14,23-26,38H2. The summed E-state index contributed by atoms with van der Waals surface area (Å²) in [5.41, 5.74) is 6.22. The second kappa shape index (κ2) is 13.9. The Bertz CT molecular complexity index is 1640. The van der Waals surface area contributed by atoms with E-state index in [1.54, 1.807) is 0 Å². The van der Waals surface area contributed by atoms with Gasteiger partial charge in [-0.25, -0.2) is 15.9 Å². The number of aryl methyl sites for hydroxylation is 2. The van der Waals surface area contributed by atoms with E-state index in [1.807, 2.05) is 72.8 Å². The molecule has 0 atom stereocenters. The van der Waals surface area contributed by atoms with Crippen LogP contribution in [0.3, 0.4) is 0 Å². The van der Waals surface area contributed by atoms with E-state index in [4.69, 9.17) is 20.2 Å². The Balaban J connectivity index is 0.929. The molecule has 0 saturated carbocycles. The number of pyridine rings is 2. The molecule has 0 aliphatic carbocycles. The highest BCUT2D eigenvalue weighted by atomic mass is 16.6. The van der Waals surface area contributed by atoms with Gasteiger partial charge in [0, 0.05) is 10.8 Å². The van der Waals surface area contributed by atoms with Crippen LogP contribution in [0.1, 0.15) is 35.4 Å². The minimum atomic E-state index is -0.0233. The lowest BCUT2D eigenvalue weighted by Crippen LogP contribution is -2.19. The molecule has 0 amide bonds. The SMILES string of the molecule is NOC(CCc1ccc(OCc2ccc3ccccc3n2)cc1)CCc1ccc(OCc2ccc3ccccc3n2)cc1. The number of aromatic nitrogens is 2. The first-order valence-corrected chi connectivity index (χ1v) is 14.7. The second-order valence-corrected chi connectivity index (χ2v) is 10.7. The van der Waals surface area contributed by atoms with Crippen molar-refractivity contribution in [3.63, 3.8) is 0 Å². The van der Waals surface area contributed by atoms with Crippen molar-refractivity contribution >= 4 is 21.8 Å². The summed E-state index contributed by atoms with van der Waals surface area (Å²) in [5.74, 6) is 7.31. The van der Waals surface area contributed by atoms with Gasteiger partial charge in [-0.15, -0.1) is 0 Å². The fourth-order valence-electron chi connectivity index (χ4n) is 5.13. The normalized spacial score (nSPS) is 11.3. The van der Waals surface area contributed by atoms with Gasteiger partial charge in [0.05, 0.1) is 28.5 Å². The van der Waals surface area contributed by atoms with Crippen LogP contribution in [-0.2, 0) is 30.9 Å². The summed E-state index contributed by atoms with van der Waals surface area (Å²) in [5, 5.41) is 2.26. The highest BCUT2D eigenvalue weighted by Gasteiger charge is 2.10. The lowest BCUT2D eigenvalue weighted by Gasteiger charge is -2.15. The van der Waals surface area contributed by atoms with E-state index in [9.17, 15) is 0 Å². The molecule has 0 radical (unpaired) electrons. The van der Waals surface area contributed by atoms with Crippen LogP contribution in [0.4, 0.5) is 0 Å². The maximum absolute atomic E-state index is 5.97. The van der Waals surface area contributed by atoms with Gasteiger partial charge in [-0.05, 0) is 85.3 Å². The third-order valence-electron chi connectivity index (χ3n) is 7.63. The Kier molecular flexibility index (Phi) is 9.18. The minimum absolute atomic E-state index is 0.0233. The number of nitrogens with two attached hydrogens (primary N) is 1. The third kappa shape index (κ3) is 7.74. The van der Waals surface area contributed by atoms with E-state index >= 15 is 0 Å². The number of hydrogen-bond donors (Lipinski definition) is 1. The molecule has 0 spiro atoms. The molecule has 0 aliphatic rings. The molecule has 0 bridgehead atoms. The van der Waals surface area contributed by atoms with Crippen LogP contribution < -0.4 is 15.4 Å². The van der Waals surface area contributed by atoms with Gasteiger partial charge in [0.25, 0.3) is 0 Å². The number of benzene rings is 4. The summed E-state index contributed by atoms with van der Waals surface area (Å²) < 4.78 is 11.9. The summed E-state index contributed by atoms with van der Waals surface area (Å²) in [6.07, 6.45) is 3.42. The van der Waals surface area contributed by atoms with Crippen LogP contribution in [0.2, 0.25) is 0 Å². The van der Waals surface area contributed by atoms with E-state index in [1.165, 1.54) is 11.1 Å². The average Bonchev–Trinajstić information content (AvgIpc) is 3.07. The molecule has 0 saturated heterocycles. The van der Waals surface area contributed by atoms with Crippen LogP contribution in [0.25, 0.3) is 21.8 Å². The summed E-state index contributed by atoms with van der Waals surface area (Å²) in [6, 6.07) is 40.8. The van der Waals surface area contributed by atoms with Crippen LogP contribution in [0.15, 0.2) is 121 Å². The highest BCUT2D eigenvalue weighted by Crippen LogP contribution is 2.20. The molecular weight excluding hydrogens is 534 g/mol. The van der Waals surface area contributed by atoms with E-state index in [-0.39, 0.29) is 6.10 Å². The Hall–Kier alpha value is -4.78. The van der Waals surface area contributed by atoms with Crippen molar-refractivity contribution in [1.82, 2.24) is 9.97 Å². The zero-order valence-corrected chi connectivity index (χ0v) is 24.1. The van der Waals surface area contributed by atoms with E-state index in [0.717, 1.165) is 70.4 Å². The van der Waals surface area contributed by atoms with Crippen LogP contribution >= 0.6 is 0 Å². The van der Waals surface area contributed by atoms with Gasteiger partial charge in [-0.3, -0.25) is 0 Å². The Morgan fingerprint density at radius 2 is 0.953 bits per heavy atom. The fraction of sp³-hybridized carbons (Fsp3) is 0.189. The Morgan fingerprint density at radius 3 is 1.40 bits per heavy atom. The lowest BCUT2D eigenvalue weighted by atomic mass is 10.0. The number of nitrogens with zero attached hydrogens (tertiary/aromatic N) is 2. The zero-order chi connectivity index (χ0) is 29.3. The smallest absolute Gasteiger partial charge is 0.130 e. The van der Waals surface area contributed by atoms with Crippen molar-refractivity contribution in [2.24, 2.45) is 5.90 Å². The zero-order valence-electron chi connectivity index (χ0n) is 24.1. The van der Waals surface area contributed by atoms with Crippen molar-refractivity contribution in [2.75, 3.05) is 0 Å². The largest absolute Gasteiger partial charge is 0.487 e. The molecule has 2 aromatic heterocycles. The minimum Gasteiger partial charge on any atom is -0.487 e. The van der Waals surface area contributed by atoms with Crippen LogP contribution in [0.5, 0.6) is 11.5 Å². The Labute approximate surface area is 252 Å². The number of fused-ring (bicyclic) bond motifs is 2. The molecule has 43 heavy (non-hydrogen) atoms. The number of para-hydroxylation sites is 2. The molecule has 6 heteroatoms. The third-order valence-corrected chi connectivity index (χ3v) is 7.63. The molecule has 216 valence electrons. The van der Waals surface area contributed by atoms with Gasteiger partial charge in [0.15, 0.2) is 0 Å². The monoisotopic (exact) mass is 569 g/mol. The van der Waals surface area contributed by atoms with Crippen molar-refractivity contribution in [3.05, 3.63) is 144 Å². The molecule has 6 rings (SSSR count). The van der Waals surface area contributed by atoms with Gasteiger partial charge in [-0.2, -0.15) is 0 Å². The van der Waals surface area contributed by atoms with Crippen LogP contribution in [0, 0.1) is 0 Å². The molecule has 6 nitrogen and oxygen atoms in total. The quantitative estimate of drug-likeness (QED) is 0.143. The van der Waals surface area contributed by atoms with Gasteiger partial charge >= 0.3 is 0 Å². The second-order valence-electron chi connectivity index (χ2n) is 10.7. The van der Waals surface area contributed by atoms with Gasteiger partial charge < -0.3 is 14.3 Å². The number of ether oxygens (including phenoxy) is 2. The van der Waals surface area contributed by atoms with Crippen molar-refractivity contribution in [1.29, 1.82) is 0 Å². The molecule has 6 aromatic rings. The maximum atomic E-state index is 5.97. The predicted octanol–water partition coefficient (Wildman–Crippen LogP) is 7.77. The fourth-order valence-corrected chi connectivity index (χ4v) is 5.13. The molecule has 0 aliphatic heterocycles. The average molecular weight is 570 g/mol. The molecule has 0 unspecified atom stereocenters. The van der Waals surface area contributed by atoms with Crippen molar-refractivity contribution < 1.29 is 14.3 Å². The van der Waals surface area contributed by atoms with Crippen LogP contribution in [-0.4, -0.2) is 16.1 Å². The first-order valence-electron chi connectivity index (χ1n) is 14.7. The predicted molar refractivity (Wildman–Crippen MR) is 171 cm³/mol. The molecule has 2 N–H and O–H groups in total. The van der Waals surface area contributed by atoms with Crippen molar-refractivity contribution in [3.8, 4) is 11.5 Å². The van der Waals surface area contributed by atoms with Gasteiger partial charge in [0.1, 0.15) is 24.7 Å². The van der Waals surface area contributed by atoms with E-state index in [2.05, 4.69) is 58.5 Å². The summed E-state index contributed by atoms with van der Waals surface area (Å²) in [4.78, 5) is 14.7. The van der Waals surface area contributed by atoms with Gasteiger partial charge in [0.2, 0.25) is 0 Å². The van der Waals surface area contributed by atoms with E-state index < -0.39 is 0 Å².